The van der Waals surface area contributed by atoms with Crippen molar-refractivity contribution in [1.82, 2.24) is 5.16 Å². The molecule has 88 valence electrons. The molecular weight excluding hydrogens is 265 g/mol. The van der Waals surface area contributed by atoms with E-state index in [-0.39, 0.29) is 16.5 Å². The summed E-state index contributed by atoms with van der Waals surface area (Å²) in [4.78, 5) is 11.6. The zero-order valence-electron chi connectivity index (χ0n) is 8.74. The quantitative estimate of drug-likeness (QED) is 0.620. The van der Waals surface area contributed by atoms with Crippen LogP contribution in [0.2, 0.25) is 10.0 Å². The predicted octanol–water partition coefficient (Wildman–Crippen LogP) is 3.51. The molecule has 0 amide bonds. The molecular formula is C11H7Cl2NO3. The van der Waals surface area contributed by atoms with Crippen molar-refractivity contribution >= 4 is 29.2 Å². The summed E-state index contributed by atoms with van der Waals surface area (Å²) in [6.07, 6.45) is 0. The van der Waals surface area contributed by atoms with Gasteiger partial charge >= 0.3 is 5.97 Å². The summed E-state index contributed by atoms with van der Waals surface area (Å²) >= 11 is 11.6. The molecule has 0 saturated heterocycles. The molecule has 0 N–H and O–H groups in total. The monoisotopic (exact) mass is 271 g/mol. The molecule has 2 rings (SSSR count). The molecule has 0 fully saturated rings. The molecule has 0 aliphatic heterocycles. The van der Waals surface area contributed by atoms with Crippen molar-refractivity contribution in [1.29, 1.82) is 0 Å². The van der Waals surface area contributed by atoms with E-state index in [1.807, 2.05) is 0 Å². The Kier molecular flexibility index (Phi) is 3.36. The number of halogens is 2. The topological polar surface area (TPSA) is 52.3 Å². The lowest BCUT2D eigenvalue weighted by atomic mass is 10.3. The zero-order chi connectivity index (χ0) is 12.4. The number of esters is 1. The maximum atomic E-state index is 11.6. The number of carbonyl (C=O) groups excluding carboxylic acids is 1. The summed E-state index contributed by atoms with van der Waals surface area (Å²) in [6, 6.07) is 6.04. The van der Waals surface area contributed by atoms with E-state index >= 15 is 0 Å². The van der Waals surface area contributed by atoms with E-state index in [0.717, 1.165) is 0 Å². The maximum Gasteiger partial charge on any atom is 0.382 e. The first-order valence-electron chi connectivity index (χ1n) is 4.67. The Morgan fingerprint density at radius 3 is 2.71 bits per heavy atom. The van der Waals surface area contributed by atoms with E-state index in [1.54, 1.807) is 13.0 Å². The summed E-state index contributed by atoms with van der Waals surface area (Å²) < 4.78 is 9.80. The van der Waals surface area contributed by atoms with Crippen LogP contribution in [0.3, 0.4) is 0 Å². The fourth-order valence-electron chi connectivity index (χ4n) is 1.17. The van der Waals surface area contributed by atoms with Gasteiger partial charge in [-0.25, -0.2) is 4.79 Å². The number of aromatic nitrogens is 1. The normalized spacial score (nSPS) is 10.3. The number of carbonyl (C=O) groups is 1. The molecule has 1 heterocycles. The maximum absolute atomic E-state index is 11.6. The zero-order valence-corrected chi connectivity index (χ0v) is 10.2. The minimum absolute atomic E-state index is 0.0218. The van der Waals surface area contributed by atoms with Crippen LogP contribution in [0.25, 0.3) is 0 Å². The second kappa shape index (κ2) is 4.77. The third-order valence-electron chi connectivity index (χ3n) is 1.93. The van der Waals surface area contributed by atoms with Gasteiger partial charge in [0.25, 0.3) is 0 Å². The number of hydrogen-bond acceptors (Lipinski definition) is 4. The predicted molar refractivity (Wildman–Crippen MR) is 62.7 cm³/mol. The van der Waals surface area contributed by atoms with Crippen molar-refractivity contribution in [3.63, 3.8) is 0 Å². The molecule has 4 nitrogen and oxygen atoms in total. The largest absolute Gasteiger partial charge is 0.419 e. The van der Waals surface area contributed by atoms with Gasteiger partial charge in [-0.3, -0.25) is 0 Å². The summed E-state index contributed by atoms with van der Waals surface area (Å²) in [7, 11) is 0. The van der Waals surface area contributed by atoms with Crippen LogP contribution >= 0.6 is 23.2 Å². The van der Waals surface area contributed by atoms with Gasteiger partial charge in [-0.1, -0.05) is 28.4 Å². The molecule has 2 aromatic rings. The van der Waals surface area contributed by atoms with Crippen LogP contribution in [-0.4, -0.2) is 11.1 Å². The number of aryl methyl sites for hydroxylation is 1. The highest BCUT2D eigenvalue weighted by molar-refractivity contribution is 6.35. The molecule has 0 radical (unpaired) electrons. The summed E-state index contributed by atoms with van der Waals surface area (Å²) in [5.41, 5.74) is 0.596. The van der Waals surface area contributed by atoms with E-state index in [9.17, 15) is 4.79 Å². The Morgan fingerprint density at radius 2 is 2.12 bits per heavy atom. The minimum atomic E-state index is -0.658. The Bertz CT molecular complexity index is 566. The third-order valence-corrected chi connectivity index (χ3v) is 2.46. The average Bonchev–Trinajstić information content (AvgIpc) is 2.69. The van der Waals surface area contributed by atoms with Crippen molar-refractivity contribution in [3.8, 4) is 5.75 Å². The number of rotatable bonds is 2. The standard InChI is InChI=1S/C11H7Cl2NO3/c1-6-4-10(17-14-6)11(15)16-9-3-2-7(12)5-8(9)13/h2-5H,1H3. The molecule has 0 atom stereocenters. The Hall–Kier alpha value is -1.52. The van der Waals surface area contributed by atoms with Crippen molar-refractivity contribution in [2.45, 2.75) is 6.92 Å². The lowest BCUT2D eigenvalue weighted by Crippen LogP contribution is -2.07. The Balaban J connectivity index is 2.18. The molecule has 0 unspecified atom stereocenters. The van der Waals surface area contributed by atoms with Crippen LogP contribution in [0.1, 0.15) is 16.2 Å². The van der Waals surface area contributed by atoms with E-state index in [2.05, 4.69) is 5.16 Å². The summed E-state index contributed by atoms with van der Waals surface area (Å²) in [5, 5.41) is 4.30. The van der Waals surface area contributed by atoms with Crippen molar-refractivity contribution < 1.29 is 14.1 Å². The Morgan fingerprint density at radius 1 is 1.35 bits per heavy atom. The highest BCUT2D eigenvalue weighted by atomic mass is 35.5. The van der Waals surface area contributed by atoms with Gasteiger partial charge in [-0.2, -0.15) is 0 Å². The molecule has 6 heteroatoms. The SMILES string of the molecule is Cc1cc(C(=O)Oc2ccc(Cl)cc2Cl)on1. The summed E-state index contributed by atoms with van der Waals surface area (Å²) in [6.45, 7) is 1.70. The van der Waals surface area contributed by atoms with E-state index in [1.165, 1.54) is 18.2 Å². The van der Waals surface area contributed by atoms with Gasteiger partial charge in [0.1, 0.15) is 5.75 Å². The van der Waals surface area contributed by atoms with Gasteiger partial charge in [0.15, 0.2) is 0 Å². The van der Waals surface area contributed by atoms with E-state index in [4.69, 9.17) is 32.5 Å². The number of benzene rings is 1. The lowest BCUT2D eigenvalue weighted by Gasteiger charge is -2.03. The molecule has 0 spiro atoms. The molecule has 17 heavy (non-hydrogen) atoms. The van der Waals surface area contributed by atoms with Gasteiger partial charge < -0.3 is 9.26 Å². The van der Waals surface area contributed by atoms with Crippen LogP contribution in [0.5, 0.6) is 5.75 Å². The highest BCUT2D eigenvalue weighted by Crippen LogP contribution is 2.28. The second-order valence-electron chi connectivity index (χ2n) is 3.30. The Labute approximate surface area is 107 Å². The van der Waals surface area contributed by atoms with Crippen molar-refractivity contribution in [2.24, 2.45) is 0 Å². The van der Waals surface area contributed by atoms with Crippen molar-refractivity contribution in [2.75, 3.05) is 0 Å². The lowest BCUT2D eigenvalue weighted by molar-refractivity contribution is 0.0691. The molecule has 0 saturated carbocycles. The van der Waals surface area contributed by atoms with Crippen LogP contribution in [-0.2, 0) is 0 Å². The first kappa shape index (κ1) is 12.0. The fraction of sp³-hybridized carbons (Fsp3) is 0.0909. The van der Waals surface area contributed by atoms with E-state index < -0.39 is 5.97 Å². The van der Waals surface area contributed by atoms with Crippen LogP contribution < -0.4 is 4.74 Å². The molecule has 0 aliphatic carbocycles. The fourth-order valence-corrected chi connectivity index (χ4v) is 1.62. The van der Waals surface area contributed by atoms with E-state index in [0.29, 0.717) is 10.7 Å². The molecule has 0 aliphatic rings. The average molecular weight is 272 g/mol. The number of nitrogens with zero attached hydrogens (tertiary/aromatic N) is 1. The molecule has 1 aromatic heterocycles. The first-order valence-corrected chi connectivity index (χ1v) is 5.42. The number of ether oxygens (including phenoxy) is 1. The summed E-state index contributed by atoms with van der Waals surface area (Å²) in [5.74, 6) is -0.418. The minimum Gasteiger partial charge on any atom is -0.419 e. The molecule has 0 bridgehead atoms. The van der Waals surface area contributed by atoms with Gasteiger partial charge in [0.05, 0.1) is 10.7 Å². The van der Waals surface area contributed by atoms with Crippen LogP contribution in [0.4, 0.5) is 0 Å². The molecule has 1 aromatic carbocycles. The van der Waals surface area contributed by atoms with Crippen molar-refractivity contribution in [3.05, 3.63) is 45.8 Å². The number of hydrogen-bond donors (Lipinski definition) is 0. The first-order chi connectivity index (χ1) is 8.06. The van der Waals surface area contributed by atoms with Crippen LogP contribution in [0, 0.1) is 6.92 Å². The highest BCUT2D eigenvalue weighted by Gasteiger charge is 2.15. The van der Waals surface area contributed by atoms with Gasteiger partial charge in [0.2, 0.25) is 5.76 Å². The van der Waals surface area contributed by atoms with Gasteiger partial charge in [-0.05, 0) is 25.1 Å². The third kappa shape index (κ3) is 2.78. The smallest absolute Gasteiger partial charge is 0.382 e. The van der Waals surface area contributed by atoms with Gasteiger partial charge in [0, 0.05) is 11.1 Å². The van der Waals surface area contributed by atoms with Crippen LogP contribution in [0.15, 0.2) is 28.8 Å². The van der Waals surface area contributed by atoms with Gasteiger partial charge in [-0.15, -0.1) is 0 Å². The second-order valence-corrected chi connectivity index (χ2v) is 4.14.